The van der Waals surface area contributed by atoms with Gasteiger partial charge in [0, 0.05) is 6.92 Å². The standard InChI is InChI=1S/C21H23NO15/c1-14(23)37-16-7-3-2-6-15(16)21(28)35-13-20(27)34-12-19(26)33-11-18(25)32-10-17(24)31-8-4-5-9-36-22(29)30/h2-3,6-7H,4-5,8-13H2,1H3. The topological polar surface area (TPSA) is 210 Å². The number of para-hydroxylation sites is 1. The van der Waals surface area contributed by atoms with Crippen molar-refractivity contribution >= 4 is 35.8 Å². The van der Waals surface area contributed by atoms with Crippen LogP contribution in [0.5, 0.6) is 5.75 Å². The Morgan fingerprint density at radius 3 is 1.76 bits per heavy atom. The highest BCUT2D eigenvalue weighted by molar-refractivity contribution is 5.94. The molecule has 1 aromatic carbocycles. The fourth-order valence-corrected chi connectivity index (χ4v) is 2.20. The molecule has 0 heterocycles. The monoisotopic (exact) mass is 529 g/mol. The van der Waals surface area contributed by atoms with Gasteiger partial charge in [0.05, 0.1) is 13.2 Å². The van der Waals surface area contributed by atoms with Gasteiger partial charge in [-0.2, -0.15) is 0 Å². The van der Waals surface area contributed by atoms with Crippen molar-refractivity contribution in [3.8, 4) is 5.75 Å². The molecule has 0 spiro atoms. The molecule has 0 aliphatic heterocycles. The van der Waals surface area contributed by atoms with Gasteiger partial charge >= 0.3 is 35.8 Å². The van der Waals surface area contributed by atoms with Gasteiger partial charge < -0.3 is 33.3 Å². The van der Waals surface area contributed by atoms with E-state index in [0.717, 1.165) is 6.92 Å². The summed E-state index contributed by atoms with van der Waals surface area (Å²) in [5.41, 5.74) is -0.116. The van der Waals surface area contributed by atoms with Crippen molar-refractivity contribution in [2.24, 2.45) is 0 Å². The molecule has 1 rings (SSSR count). The summed E-state index contributed by atoms with van der Waals surface area (Å²) in [6, 6.07) is 5.65. The van der Waals surface area contributed by atoms with E-state index in [0.29, 0.717) is 0 Å². The number of hydrogen-bond donors (Lipinski definition) is 0. The first-order valence-corrected chi connectivity index (χ1v) is 10.4. The van der Waals surface area contributed by atoms with Crippen molar-refractivity contribution in [1.29, 1.82) is 0 Å². The maximum atomic E-state index is 12.1. The van der Waals surface area contributed by atoms with Crippen LogP contribution in [0, 0.1) is 10.1 Å². The van der Waals surface area contributed by atoms with Crippen molar-refractivity contribution in [2.75, 3.05) is 39.6 Å². The van der Waals surface area contributed by atoms with Crippen LogP contribution in [0.15, 0.2) is 24.3 Å². The molecule has 16 nitrogen and oxygen atoms in total. The van der Waals surface area contributed by atoms with Crippen LogP contribution in [0.1, 0.15) is 30.1 Å². The summed E-state index contributed by atoms with van der Waals surface area (Å²) >= 11 is 0. The minimum absolute atomic E-state index is 0.0719. The van der Waals surface area contributed by atoms with Gasteiger partial charge in [-0.15, -0.1) is 10.1 Å². The van der Waals surface area contributed by atoms with E-state index < -0.39 is 67.3 Å². The average molecular weight is 529 g/mol. The Hall–Kier alpha value is -4.76. The zero-order valence-corrected chi connectivity index (χ0v) is 19.5. The maximum absolute atomic E-state index is 12.1. The highest BCUT2D eigenvalue weighted by atomic mass is 16.9. The third kappa shape index (κ3) is 14.3. The first-order chi connectivity index (χ1) is 17.6. The van der Waals surface area contributed by atoms with Crippen molar-refractivity contribution in [1.82, 2.24) is 0 Å². The SMILES string of the molecule is CC(=O)Oc1ccccc1C(=O)OCC(=O)OCC(=O)OCC(=O)OCC(=O)OCCCCO[N+](=O)[O-]. The van der Waals surface area contributed by atoms with E-state index in [1.807, 2.05) is 0 Å². The fourth-order valence-electron chi connectivity index (χ4n) is 2.20. The van der Waals surface area contributed by atoms with E-state index in [-0.39, 0.29) is 37.4 Å². The lowest BCUT2D eigenvalue weighted by Gasteiger charge is -2.09. The summed E-state index contributed by atoms with van der Waals surface area (Å²) in [7, 11) is 0. The molecule has 0 aliphatic carbocycles. The van der Waals surface area contributed by atoms with Crippen LogP contribution in [0.4, 0.5) is 0 Å². The number of ether oxygens (including phenoxy) is 6. The van der Waals surface area contributed by atoms with Crippen LogP contribution >= 0.6 is 0 Å². The summed E-state index contributed by atoms with van der Waals surface area (Å²) in [4.78, 5) is 83.3. The Bertz CT molecular complexity index is 990. The number of rotatable bonds is 16. The molecule has 16 heteroatoms. The van der Waals surface area contributed by atoms with Crippen LogP contribution in [-0.2, 0) is 52.5 Å². The molecule has 0 radical (unpaired) electrons. The molecule has 37 heavy (non-hydrogen) atoms. The number of hydrogen-bond acceptors (Lipinski definition) is 15. The maximum Gasteiger partial charge on any atom is 0.344 e. The summed E-state index contributed by atoms with van der Waals surface area (Å²) in [6.07, 6.45) is 0.547. The second-order valence-corrected chi connectivity index (χ2v) is 6.63. The Balaban J connectivity index is 2.19. The van der Waals surface area contributed by atoms with E-state index in [4.69, 9.17) is 14.2 Å². The third-order valence-electron chi connectivity index (χ3n) is 3.73. The Labute approximate surface area is 208 Å². The molecule has 0 saturated heterocycles. The summed E-state index contributed by atoms with van der Waals surface area (Å²) < 4.78 is 27.9. The smallest absolute Gasteiger partial charge is 0.344 e. The van der Waals surface area contributed by atoms with E-state index in [2.05, 4.69) is 19.0 Å². The van der Waals surface area contributed by atoms with E-state index in [1.165, 1.54) is 24.3 Å². The normalized spacial score (nSPS) is 9.86. The first-order valence-electron chi connectivity index (χ1n) is 10.4. The predicted octanol–water partition coefficient (Wildman–Crippen LogP) is -0.0700. The molecule has 0 aliphatic rings. The second-order valence-electron chi connectivity index (χ2n) is 6.63. The summed E-state index contributed by atoms with van der Waals surface area (Å²) in [5, 5.41) is 9.00. The van der Waals surface area contributed by atoms with Crippen molar-refractivity contribution in [2.45, 2.75) is 19.8 Å². The number of carbonyl (C=O) groups is 6. The van der Waals surface area contributed by atoms with Gasteiger partial charge in [0.15, 0.2) is 26.4 Å². The second kappa shape index (κ2) is 16.8. The highest BCUT2D eigenvalue weighted by Crippen LogP contribution is 2.19. The van der Waals surface area contributed by atoms with Crippen molar-refractivity contribution < 1.29 is 67.1 Å². The highest BCUT2D eigenvalue weighted by Gasteiger charge is 2.18. The van der Waals surface area contributed by atoms with E-state index >= 15 is 0 Å². The quantitative estimate of drug-likeness (QED) is 0.0685. The van der Waals surface area contributed by atoms with E-state index in [1.54, 1.807) is 0 Å². The molecule has 0 amide bonds. The van der Waals surface area contributed by atoms with Gasteiger partial charge in [0.2, 0.25) is 0 Å². The van der Waals surface area contributed by atoms with Crippen LogP contribution in [0.25, 0.3) is 0 Å². The van der Waals surface area contributed by atoms with Crippen molar-refractivity contribution in [3.63, 3.8) is 0 Å². The first kappa shape index (κ1) is 30.3. The Morgan fingerprint density at radius 2 is 1.22 bits per heavy atom. The Morgan fingerprint density at radius 1 is 0.730 bits per heavy atom. The molecule has 0 aromatic heterocycles. The molecule has 1 aromatic rings. The molecule has 0 saturated carbocycles. The molecular weight excluding hydrogens is 506 g/mol. The largest absolute Gasteiger partial charge is 0.463 e. The van der Waals surface area contributed by atoms with Gasteiger partial charge in [0.25, 0.3) is 5.09 Å². The molecule has 0 atom stereocenters. The van der Waals surface area contributed by atoms with Crippen molar-refractivity contribution in [3.05, 3.63) is 39.9 Å². The number of unbranched alkanes of at least 4 members (excludes halogenated alkanes) is 1. The number of benzene rings is 1. The molecule has 0 fully saturated rings. The number of nitrogens with zero attached hydrogens (tertiary/aromatic N) is 1. The minimum atomic E-state index is -1.13. The van der Waals surface area contributed by atoms with Gasteiger partial charge in [-0.1, -0.05) is 12.1 Å². The zero-order chi connectivity index (χ0) is 27.6. The average Bonchev–Trinajstić information content (AvgIpc) is 2.85. The zero-order valence-electron chi connectivity index (χ0n) is 19.5. The molecule has 0 unspecified atom stereocenters. The lowest BCUT2D eigenvalue weighted by atomic mass is 10.2. The molecular formula is C21H23NO15. The van der Waals surface area contributed by atoms with Gasteiger partial charge in [-0.25, -0.2) is 24.0 Å². The van der Waals surface area contributed by atoms with Crippen LogP contribution < -0.4 is 4.74 Å². The predicted molar refractivity (Wildman–Crippen MR) is 114 cm³/mol. The van der Waals surface area contributed by atoms with Gasteiger partial charge in [-0.3, -0.25) is 4.79 Å². The fraction of sp³-hybridized carbons (Fsp3) is 0.429. The van der Waals surface area contributed by atoms with Crippen LogP contribution in [0.3, 0.4) is 0 Å². The minimum Gasteiger partial charge on any atom is -0.463 e. The lowest BCUT2D eigenvalue weighted by Crippen LogP contribution is -2.25. The third-order valence-corrected chi connectivity index (χ3v) is 3.73. The molecule has 0 bridgehead atoms. The van der Waals surface area contributed by atoms with Crippen LogP contribution in [0.2, 0.25) is 0 Å². The van der Waals surface area contributed by atoms with Gasteiger partial charge in [-0.05, 0) is 25.0 Å². The number of esters is 6. The summed E-state index contributed by atoms with van der Waals surface area (Å²) in [5.74, 6) is -5.94. The number of carbonyl (C=O) groups excluding carboxylic acids is 6. The van der Waals surface area contributed by atoms with E-state index in [9.17, 15) is 38.9 Å². The molecule has 202 valence electrons. The van der Waals surface area contributed by atoms with Gasteiger partial charge in [0.1, 0.15) is 11.3 Å². The summed E-state index contributed by atoms with van der Waals surface area (Å²) in [6.45, 7) is -2.52. The lowest BCUT2D eigenvalue weighted by molar-refractivity contribution is -0.757. The van der Waals surface area contributed by atoms with Crippen LogP contribution in [-0.4, -0.2) is 80.5 Å². The molecule has 0 N–H and O–H groups in total. The Kier molecular flexibility index (Phi) is 13.7.